The molecule has 0 amide bonds. The Morgan fingerprint density at radius 1 is 1.40 bits per heavy atom. The van der Waals surface area contributed by atoms with Crippen LogP contribution in [-0.4, -0.2) is 37.5 Å². The molecule has 3 N–H and O–H groups in total. The lowest BCUT2D eigenvalue weighted by atomic mass is 10.3. The summed E-state index contributed by atoms with van der Waals surface area (Å²) in [5.41, 5.74) is 6.39. The van der Waals surface area contributed by atoms with E-state index in [1.807, 2.05) is 30.5 Å². The van der Waals surface area contributed by atoms with Gasteiger partial charge in [-0.3, -0.25) is 0 Å². The fraction of sp³-hybridized carbons (Fsp3) is 0.538. The molecule has 0 atom stereocenters. The molecule has 1 aromatic rings. The number of thioether (sulfide) groups is 2. The van der Waals surface area contributed by atoms with E-state index in [1.165, 1.54) is 11.8 Å². The van der Waals surface area contributed by atoms with Crippen LogP contribution in [0.25, 0.3) is 0 Å². The van der Waals surface area contributed by atoms with Crippen molar-refractivity contribution in [3.63, 3.8) is 0 Å². The normalized spacial score (nSPS) is 17.1. The quantitative estimate of drug-likeness (QED) is 0.564. The minimum atomic E-state index is -3.18. The highest BCUT2D eigenvalue weighted by Gasteiger charge is 2.42. The average molecular weight is 333 g/mol. The third kappa shape index (κ3) is 4.87. The van der Waals surface area contributed by atoms with Crippen LogP contribution in [0.5, 0.6) is 0 Å². The first-order valence-corrected chi connectivity index (χ1v) is 10.3. The van der Waals surface area contributed by atoms with Crippen LogP contribution >= 0.6 is 23.5 Å². The van der Waals surface area contributed by atoms with Crippen LogP contribution in [0, 0.1) is 0 Å². The molecule has 2 rings (SSSR count). The van der Waals surface area contributed by atoms with Gasteiger partial charge in [-0.15, -0.1) is 11.8 Å². The predicted molar refractivity (Wildman–Crippen MR) is 88.8 cm³/mol. The Labute approximate surface area is 129 Å². The second-order valence-corrected chi connectivity index (χ2v) is 9.32. The summed E-state index contributed by atoms with van der Waals surface area (Å²) in [5, 5.41) is 0. The first kappa shape index (κ1) is 16.0. The van der Waals surface area contributed by atoms with Gasteiger partial charge in [-0.1, -0.05) is 6.07 Å². The van der Waals surface area contributed by atoms with Crippen LogP contribution in [0.15, 0.2) is 29.2 Å². The standard InChI is InChI=1S/C13H20N2O2S3/c1-18-13(5-6-13)10-15-20(16,17)8-7-19-12-4-2-3-11(14)9-12/h2-4,9,15H,5-8,10,14H2,1H3. The zero-order chi connectivity index (χ0) is 14.6. The van der Waals surface area contributed by atoms with Gasteiger partial charge in [0.2, 0.25) is 10.0 Å². The second-order valence-electron chi connectivity index (χ2n) is 4.95. The van der Waals surface area contributed by atoms with Gasteiger partial charge in [-0.2, -0.15) is 11.8 Å². The summed E-state index contributed by atoms with van der Waals surface area (Å²) < 4.78 is 26.7. The van der Waals surface area contributed by atoms with E-state index in [0.29, 0.717) is 18.0 Å². The van der Waals surface area contributed by atoms with E-state index in [0.717, 1.165) is 17.7 Å². The van der Waals surface area contributed by atoms with E-state index in [-0.39, 0.29) is 10.5 Å². The molecular weight excluding hydrogens is 312 g/mol. The number of nitrogen functional groups attached to an aromatic ring is 1. The zero-order valence-electron chi connectivity index (χ0n) is 11.5. The summed E-state index contributed by atoms with van der Waals surface area (Å²) in [6.07, 6.45) is 4.25. The van der Waals surface area contributed by atoms with Crippen molar-refractivity contribution in [1.29, 1.82) is 0 Å². The van der Waals surface area contributed by atoms with E-state index in [1.54, 1.807) is 11.8 Å². The van der Waals surface area contributed by atoms with E-state index in [4.69, 9.17) is 5.73 Å². The molecule has 0 bridgehead atoms. The number of hydrogen-bond acceptors (Lipinski definition) is 5. The Balaban J connectivity index is 1.75. The Hall–Kier alpha value is -0.370. The maximum Gasteiger partial charge on any atom is 0.212 e. The van der Waals surface area contributed by atoms with Crippen LogP contribution in [-0.2, 0) is 10.0 Å². The van der Waals surface area contributed by atoms with Gasteiger partial charge in [0.15, 0.2) is 0 Å². The van der Waals surface area contributed by atoms with Gasteiger partial charge in [-0.25, -0.2) is 13.1 Å². The number of anilines is 1. The van der Waals surface area contributed by atoms with Crippen molar-refractivity contribution in [2.24, 2.45) is 0 Å². The van der Waals surface area contributed by atoms with Crippen LogP contribution in [0.1, 0.15) is 12.8 Å². The molecule has 1 fully saturated rings. The highest BCUT2D eigenvalue weighted by atomic mass is 32.2. The Bertz CT molecular complexity index is 556. The molecule has 0 radical (unpaired) electrons. The number of sulfonamides is 1. The van der Waals surface area contributed by atoms with Crippen molar-refractivity contribution < 1.29 is 8.42 Å². The summed E-state index contributed by atoms with van der Waals surface area (Å²) in [4.78, 5) is 1.00. The van der Waals surface area contributed by atoms with E-state index in [9.17, 15) is 8.42 Å². The average Bonchev–Trinajstić information content (AvgIpc) is 3.17. The molecule has 1 aliphatic carbocycles. The lowest BCUT2D eigenvalue weighted by Crippen LogP contribution is -2.34. The molecule has 4 nitrogen and oxygen atoms in total. The van der Waals surface area contributed by atoms with Crippen molar-refractivity contribution >= 4 is 39.2 Å². The van der Waals surface area contributed by atoms with Crippen molar-refractivity contribution in [3.8, 4) is 0 Å². The fourth-order valence-electron chi connectivity index (χ4n) is 1.78. The maximum absolute atomic E-state index is 11.9. The minimum absolute atomic E-state index is 0.136. The smallest absolute Gasteiger partial charge is 0.212 e. The Morgan fingerprint density at radius 2 is 2.15 bits per heavy atom. The number of benzene rings is 1. The Morgan fingerprint density at radius 3 is 2.75 bits per heavy atom. The predicted octanol–water partition coefficient (Wildman–Crippen LogP) is 2.18. The van der Waals surface area contributed by atoms with E-state index in [2.05, 4.69) is 4.72 Å². The summed E-state index contributed by atoms with van der Waals surface area (Å²) in [6, 6.07) is 7.49. The molecule has 0 aliphatic heterocycles. The number of hydrogen-bond donors (Lipinski definition) is 2. The molecule has 0 unspecified atom stereocenters. The van der Waals surface area contributed by atoms with Gasteiger partial charge >= 0.3 is 0 Å². The van der Waals surface area contributed by atoms with Gasteiger partial charge in [-0.05, 0) is 37.3 Å². The molecule has 7 heteroatoms. The number of rotatable bonds is 8. The van der Waals surface area contributed by atoms with E-state index < -0.39 is 10.0 Å². The first-order chi connectivity index (χ1) is 9.45. The van der Waals surface area contributed by atoms with Crippen molar-refractivity contribution in [3.05, 3.63) is 24.3 Å². The van der Waals surface area contributed by atoms with Crippen molar-refractivity contribution in [2.75, 3.05) is 30.0 Å². The van der Waals surface area contributed by atoms with Crippen molar-refractivity contribution in [1.82, 2.24) is 4.72 Å². The topological polar surface area (TPSA) is 72.2 Å². The van der Waals surface area contributed by atoms with E-state index >= 15 is 0 Å². The van der Waals surface area contributed by atoms with Gasteiger partial charge < -0.3 is 5.73 Å². The molecular formula is C13H20N2O2S3. The first-order valence-electron chi connectivity index (χ1n) is 6.46. The van der Waals surface area contributed by atoms with Crippen LogP contribution in [0.4, 0.5) is 5.69 Å². The summed E-state index contributed by atoms with van der Waals surface area (Å²) in [6.45, 7) is 0.555. The molecule has 1 saturated carbocycles. The summed E-state index contributed by atoms with van der Waals surface area (Å²) in [7, 11) is -3.18. The molecule has 20 heavy (non-hydrogen) atoms. The number of nitrogens with two attached hydrogens (primary N) is 1. The van der Waals surface area contributed by atoms with Crippen molar-refractivity contribution in [2.45, 2.75) is 22.5 Å². The highest BCUT2D eigenvalue weighted by molar-refractivity contribution is 8.00. The summed E-state index contributed by atoms with van der Waals surface area (Å²) >= 11 is 3.27. The molecule has 1 aliphatic rings. The zero-order valence-corrected chi connectivity index (χ0v) is 13.9. The summed E-state index contributed by atoms with van der Waals surface area (Å²) in [5.74, 6) is 0.669. The SMILES string of the molecule is CSC1(CNS(=O)(=O)CCSc2cccc(N)c2)CC1. The Kier molecular flexibility index (Phi) is 5.28. The lowest BCUT2D eigenvalue weighted by Gasteiger charge is -2.13. The molecule has 0 aromatic heterocycles. The van der Waals surface area contributed by atoms with Gasteiger partial charge in [0.05, 0.1) is 5.75 Å². The molecule has 112 valence electrons. The van der Waals surface area contributed by atoms with Crippen LogP contribution in [0.3, 0.4) is 0 Å². The van der Waals surface area contributed by atoms with Gasteiger partial charge in [0.1, 0.15) is 0 Å². The maximum atomic E-state index is 11.9. The van der Waals surface area contributed by atoms with Crippen LogP contribution in [0.2, 0.25) is 0 Å². The second kappa shape index (κ2) is 6.60. The fourth-order valence-corrected chi connectivity index (χ4v) is 5.08. The van der Waals surface area contributed by atoms with Gasteiger partial charge in [0, 0.05) is 27.6 Å². The third-order valence-electron chi connectivity index (χ3n) is 3.33. The monoisotopic (exact) mass is 332 g/mol. The largest absolute Gasteiger partial charge is 0.399 e. The lowest BCUT2D eigenvalue weighted by molar-refractivity contribution is 0.581. The van der Waals surface area contributed by atoms with Gasteiger partial charge in [0.25, 0.3) is 0 Å². The highest BCUT2D eigenvalue weighted by Crippen LogP contribution is 2.46. The number of nitrogens with one attached hydrogen (secondary N) is 1. The molecule has 0 heterocycles. The molecule has 0 spiro atoms. The van der Waals surface area contributed by atoms with Crippen LogP contribution < -0.4 is 10.5 Å². The molecule has 1 aromatic carbocycles. The molecule has 0 saturated heterocycles. The third-order valence-corrected chi connectivity index (χ3v) is 7.33. The minimum Gasteiger partial charge on any atom is -0.399 e.